The summed E-state index contributed by atoms with van der Waals surface area (Å²) in [5.74, 6) is 0.933. The van der Waals surface area contributed by atoms with E-state index in [0.29, 0.717) is 6.04 Å². The Bertz CT molecular complexity index is 296. The van der Waals surface area contributed by atoms with Gasteiger partial charge in [-0.2, -0.15) is 0 Å². The molecule has 1 aromatic rings. The van der Waals surface area contributed by atoms with Gasteiger partial charge in [-0.25, -0.2) is 0 Å². The number of rotatable bonds is 1. The maximum absolute atomic E-state index is 5.84. The molecule has 2 heteroatoms. The lowest BCUT2D eigenvalue weighted by Gasteiger charge is -2.02. The first-order valence-corrected chi connectivity index (χ1v) is 4.21. The number of nitrogens with two attached hydrogens (primary N) is 1. The van der Waals surface area contributed by atoms with Crippen molar-refractivity contribution in [3.63, 3.8) is 0 Å². The predicted molar refractivity (Wildman–Crippen MR) is 48.4 cm³/mol. The Kier molecular flexibility index (Phi) is 1.77. The number of hydrogen-bond donors (Lipinski definition) is 1. The van der Waals surface area contributed by atoms with Gasteiger partial charge in [-0.15, -0.1) is 0 Å². The number of hydrogen-bond acceptors (Lipinski definition) is 2. The topological polar surface area (TPSA) is 35.2 Å². The molecule has 2 rings (SSSR count). The van der Waals surface area contributed by atoms with Crippen LogP contribution in [0.3, 0.4) is 0 Å². The number of fused-ring (bicyclic) bond motifs is 1. The molecular weight excluding hydrogens is 150 g/mol. The van der Waals surface area contributed by atoms with Gasteiger partial charge in [0.1, 0.15) is 5.75 Å². The summed E-state index contributed by atoms with van der Waals surface area (Å²) in [5.41, 5.74) is 8.56. The van der Waals surface area contributed by atoms with E-state index in [1.807, 2.05) is 6.07 Å². The Balaban J connectivity index is 2.35. The normalized spacial score (nSPS) is 20.7. The van der Waals surface area contributed by atoms with Gasteiger partial charge in [0.2, 0.25) is 0 Å². The highest BCUT2D eigenvalue weighted by Crippen LogP contribution is 2.25. The zero-order valence-corrected chi connectivity index (χ0v) is 7.21. The molecule has 0 heterocycles. The maximum Gasteiger partial charge on any atom is 0.119 e. The molecule has 0 spiro atoms. The fraction of sp³-hybridized carbons (Fsp3) is 0.400. The van der Waals surface area contributed by atoms with E-state index < -0.39 is 0 Å². The van der Waals surface area contributed by atoms with Crippen LogP contribution >= 0.6 is 0 Å². The van der Waals surface area contributed by atoms with Gasteiger partial charge in [0.05, 0.1) is 7.11 Å². The lowest BCUT2D eigenvalue weighted by atomic mass is 10.1. The van der Waals surface area contributed by atoms with E-state index in [1.165, 1.54) is 11.1 Å². The summed E-state index contributed by atoms with van der Waals surface area (Å²) in [6.07, 6.45) is 2.01. The Hall–Kier alpha value is -1.02. The summed E-state index contributed by atoms with van der Waals surface area (Å²) < 4.78 is 5.13. The molecule has 0 fully saturated rings. The van der Waals surface area contributed by atoms with Crippen LogP contribution in [0.15, 0.2) is 18.2 Å². The van der Waals surface area contributed by atoms with Crippen LogP contribution in [0.25, 0.3) is 0 Å². The molecule has 12 heavy (non-hydrogen) atoms. The van der Waals surface area contributed by atoms with Gasteiger partial charge >= 0.3 is 0 Å². The molecule has 0 saturated carbocycles. The molecule has 1 aliphatic carbocycles. The fourth-order valence-electron chi connectivity index (χ4n) is 1.76. The zero-order valence-electron chi connectivity index (χ0n) is 7.21. The number of methoxy groups -OCH3 is 1. The molecule has 1 atom stereocenters. The highest BCUT2D eigenvalue weighted by Gasteiger charge is 2.17. The van der Waals surface area contributed by atoms with E-state index in [4.69, 9.17) is 10.5 Å². The molecular formula is C10H13NO. The van der Waals surface area contributed by atoms with Gasteiger partial charge in [-0.1, -0.05) is 6.07 Å². The molecule has 0 saturated heterocycles. The van der Waals surface area contributed by atoms with Crippen molar-refractivity contribution >= 4 is 0 Å². The minimum absolute atomic E-state index is 0.312. The Morgan fingerprint density at radius 3 is 2.83 bits per heavy atom. The van der Waals surface area contributed by atoms with Gasteiger partial charge in [-0.3, -0.25) is 0 Å². The van der Waals surface area contributed by atoms with Gasteiger partial charge in [-0.05, 0) is 36.1 Å². The monoisotopic (exact) mass is 163 g/mol. The van der Waals surface area contributed by atoms with Crippen LogP contribution in [0.5, 0.6) is 5.75 Å². The second kappa shape index (κ2) is 2.79. The van der Waals surface area contributed by atoms with Crippen LogP contribution in [0, 0.1) is 0 Å². The first-order chi connectivity index (χ1) is 5.79. The molecule has 0 aromatic heterocycles. The van der Waals surface area contributed by atoms with Crippen LogP contribution in [0.1, 0.15) is 11.1 Å². The van der Waals surface area contributed by atoms with Crippen LogP contribution in [0.2, 0.25) is 0 Å². The Morgan fingerprint density at radius 2 is 2.08 bits per heavy atom. The lowest BCUT2D eigenvalue weighted by molar-refractivity contribution is 0.414. The van der Waals surface area contributed by atoms with E-state index >= 15 is 0 Å². The van der Waals surface area contributed by atoms with Crippen molar-refractivity contribution in [3.8, 4) is 5.75 Å². The van der Waals surface area contributed by atoms with Gasteiger partial charge in [0.25, 0.3) is 0 Å². The van der Waals surface area contributed by atoms with Crippen molar-refractivity contribution in [2.45, 2.75) is 18.9 Å². The Morgan fingerprint density at radius 1 is 1.33 bits per heavy atom. The van der Waals surface area contributed by atoms with Crippen LogP contribution in [-0.2, 0) is 12.8 Å². The third kappa shape index (κ3) is 1.18. The predicted octanol–water partition coefficient (Wildman–Crippen LogP) is 1.12. The lowest BCUT2D eigenvalue weighted by Crippen LogP contribution is -2.18. The second-order valence-electron chi connectivity index (χ2n) is 3.30. The van der Waals surface area contributed by atoms with E-state index in [1.54, 1.807) is 7.11 Å². The smallest absolute Gasteiger partial charge is 0.119 e. The van der Waals surface area contributed by atoms with Crippen molar-refractivity contribution < 1.29 is 4.74 Å². The van der Waals surface area contributed by atoms with Gasteiger partial charge in [0, 0.05) is 6.04 Å². The van der Waals surface area contributed by atoms with Crippen LogP contribution in [-0.4, -0.2) is 13.2 Å². The van der Waals surface area contributed by atoms with E-state index in [0.717, 1.165) is 18.6 Å². The zero-order chi connectivity index (χ0) is 8.55. The molecule has 0 bridgehead atoms. The molecule has 0 unspecified atom stereocenters. The SMILES string of the molecule is COc1ccc2c(c1)C[C@@H](N)C2. The summed E-state index contributed by atoms with van der Waals surface area (Å²) in [4.78, 5) is 0. The molecule has 2 nitrogen and oxygen atoms in total. The standard InChI is InChI=1S/C10H13NO/c1-12-10-3-2-7-4-9(11)5-8(7)6-10/h2-3,6,9H,4-5,11H2,1H3/t9-/m0/s1. The van der Waals surface area contributed by atoms with Crippen molar-refractivity contribution in [1.82, 2.24) is 0 Å². The van der Waals surface area contributed by atoms with Crippen LogP contribution in [0.4, 0.5) is 0 Å². The van der Waals surface area contributed by atoms with Crippen molar-refractivity contribution in [2.75, 3.05) is 7.11 Å². The highest BCUT2D eigenvalue weighted by molar-refractivity contribution is 5.39. The summed E-state index contributed by atoms with van der Waals surface area (Å²) in [6, 6.07) is 6.51. The highest BCUT2D eigenvalue weighted by atomic mass is 16.5. The van der Waals surface area contributed by atoms with E-state index in [9.17, 15) is 0 Å². The molecule has 1 aliphatic rings. The van der Waals surface area contributed by atoms with Crippen LogP contribution < -0.4 is 10.5 Å². The second-order valence-corrected chi connectivity index (χ2v) is 3.30. The van der Waals surface area contributed by atoms with Crippen molar-refractivity contribution in [3.05, 3.63) is 29.3 Å². The first kappa shape index (κ1) is 7.62. The first-order valence-electron chi connectivity index (χ1n) is 4.21. The van der Waals surface area contributed by atoms with E-state index in [2.05, 4.69) is 12.1 Å². The summed E-state index contributed by atoms with van der Waals surface area (Å²) in [5, 5.41) is 0. The summed E-state index contributed by atoms with van der Waals surface area (Å²) >= 11 is 0. The molecule has 0 radical (unpaired) electrons. The van der Waals surface area contributed by atoms with Gasteiger partial charge in [0.15, 0.2) is 0 Å². The maximum atomic E-state index is 5.84. The molecule has 2 N–H and O–H groups in total. The average molecular weight is 163 g/mol. The number of benzene rings is 1. The molecule has 0 aliphatic heterocycles. The van der Waals surface area contributed by atoms with Crippen molar-refractivity contribution in [2.24, 2.45) is 5.73 Å². The third-order valence-corrected chi connectivity index (χ3v) is 2.38. The molecule has 1 aromatic carbocycles. The average Bonchev–Trinajstić information content (AvgIpc) is 2.43. The Labute approximate surface area is 72.3 Å². The summed E-state index contributed by atoms with van der Waals surface area (Å²) in [6.45, 7) is 0. The van der Waals surface area contributed by atoms with Gasteiger partial charge < -0.3 is 10.5 Å². The minimum Gasteiger partial charge on any atom is -0.497 e. The fourth-order valence-corrected chi connectivity index (χ4v) is 1.76. The number of ether oxygens (including phenoxy) is 1. The third-order valence-electron chi connectivity index (χ3n) is 2.38. The molecule has 0 amide bonds. The molecule has 64 valence electrons. The van der Waals surface area contributed by atoms with Crippen molar-refractivity contribution in [1.29, 1.82) is 0 Å². The quantitative estimate of drug-likeness (QED) is 0.673. The summed E-state index contributed by atoms with van der Waals surface area (Å²) in [7, 11) is 1.69. The van der Waals surface area contributed by atoms with E-state index in [-0.39, 0.29) is 0 Å². The largest absolute Gasteiger partial charge is 0.497 e. The minimum atomic E-state index is 0.312.